The Labute approximate surface area is 76.8 Å². The molecule has 0 amide bonds. The first-order valence-electron chi connectivity index (χ1n) is 4.12. The molecule has 0 atom stereocenters. The van der Waals surface area contributed by atoms with Gasteiger partial charge in [0.1, 0.15) is 0 Å². The normalized spacial score (nSPS) is 22.2. The molecule has 0 bridgehead atoms. The van der Waals surface area contributed by atoms with Crippen LogP contribution in [0.25, 0.3) is 0 Å². The topological polar surface area (TPSA) is 17.1 Å². The van der Waals surface area contributed by atoms with E-state index in [1.54, 1.807) is 0 Å². The van der Waals surface area contributed by atoms with Crippen molar-refractivity contribution in [1.82, 2.24) is 0 Å². The first-order chi connectivity index (χ1) is 4.92. The Kier molecular flexibility index (Phi) is 3.31. The SMILES string of the molecule is B.CC1=C(C)C(=O)CC(C)(C)C1. The molecule has 2 heteroatoms. The van der Waals surface area contributed by atoms with Crippen LogP contribution in [-0.4, -0.2) is 14.2 Å². The summed E-state index contributed by atoms with van der Waals surface area (Å²) in [7, 11) is 0. The van der Waals surface area contributed by atoms with Gasteiger partial charge in [-0.05, 0) is 31.3 Å². The van der Waals surface area contributed by atoms with Crippen molar-refractivity contribution in [2.45, 2.75) is 40.5 Å². The van der Waals surface area contributed by atoms with E-state index in [1.807, 2.05) is 6.92 Å². The van der Waals surface area contributed by atoms with Gasteiger partial charge in [0.25, 0.3) is 0 Å². The average molecular weight is 166 g/mol. The molecule has 1 rings (SSSR count). The quantitative estimate of drug-likeness (QED) is 0.498. The number of carbonyl (C=O) groups excluding carboxylic acids is 1. The van der Waals surface area contributed by atoms with E-state index < -0.39 is 0 Å². The third kappa shape index (κ3) is 2.23. The van der Waals surface area contributed by atoms with Crippen LogP contribution in [0.15, 0.2) is 11.1 Å². The molecule has 68 valence electrons. The smallest absolute Gasteiger partial charge is 0.159 e. The molecule has 0 aromatic heterocycles. The van der Waals surface area contributed by atoms with Gasteiger partial charge in [0, 0.05) is 6.42 Å². The summed E-state index contributed by atoms with van der Waals surface area (Å²) in [6.07, 6.45) is 1.79. The third-order valence-corrected chi connectivity index (χ3v) is 2.44. The summed E-state index contributed by atoms with van der Waals surface area (Å²) in [6.45, 7) is 8.31. The summed E-state index contributed by atoms with van der Waals surface area (Å²) in [5.41, 5.74) is 2.45. The van der Waals surface area contributed by atoms with Crippen molar-refractivity contribution in [3.05, 3.63) is 11.1 Å². The van der Waals surface area contributed by atoms with Crippen LogP contribution in [0.3, 0.4) is 0 Å². The number of carbonyl (C=O) groups is 1. The average Bonchev–Trinajstić information content (AvgIpc) is 1.81. The van der Waals surface area contributed by atoms with E-state index in [0.29, 0.717) is 5.78 Å². The van der Waals surface area contributed by atoms with E-state index in [-0.39, 0.29) is 13.8 Å². The maximum atomic E-state index is 11.4. The van der Waals surface area contributed by atoms with Gasteiger partial charge in [-0.3, -0.25) is 4.79 Å². The summed E-state index contributed by atoms with van der Waals surface area (Å²) in [5, 5.41) is 0. The lowest BCUT2D eigenvalue weighted by Crippen LogP contribution is -2.23. The molecule has 0 aliphatic heterocycles. The van der Waals surface area contributed by atoms with Crippen molar-refractivity contribution in [2.75, 3.05) is 0 Å². The Bertz CT molecular complexity index is 226. The summed E-state index contributed by atoms with van der Waals surface area (Å²) in [5.74, 6) is 0.332. The van der Waals surface area contributed by atoms with Crippen LogP contribution in [0.1, 0.15) is 40.5 Å². The Morgan fingerprint density at radius 3 is 2.08 bits per heavy atom. The molecule has 0 aromatic rings. The van der Waals surface area contributed by atoms with Gasteiger partial charge in [-0.2, -0.15) is 0 Å². The second-order valence-corrected chi connectivity index (χ2v) is 4.35. The van der Waals surface area contributed by atoms with E-state index in [0.717, 1.165) is 18.4 Å². The van der Waals surface area contributed by atoms with E-state index in [4.69, 9.17) is 0 Å². The van der Waals surface area contributed by atoms with Crippen molar-refractivity contribution in [3.63, 3.8) is 0 Å². The minimum Gasteiger partial charge on any atom is -0.295 e. The molecule has 0 heterocycles. The van der Waals surface area contributed by atoms with Gasteiger partial charge < -0.3 is 0 Å². The van der Waals surface area contributed by atoms with Crippen LogP contribution < -0.4 is 0 Å². The van der Waals surface area contributed by atoms with Crippen LogP contribution in [0.4, 0.5) is 0 Å². The molecule has 0 radical (unpaired) electrons. The standard InChI is InChI=1S/C10H16O.BH3/c1-7-5-10(3,4)6-9(11)8(7)2;/h5-6H2,1-4H3;1H3. The Hall–Kier alpha value is -0.525. The lowest BCUT2D eigenvalue weighted by atomic mass is 9.74. The Morgan fingerprint density at radius 1 is 1.17 bits per heavy atom. The van der Waals surface area contributed by atoms with Gasteiger partial charge in [-0.15, -0.1) is 0 Å². The second kappa shape index (κ2) is 3.46. The number of Topliss-reactive ketones (excluding diaryl/α,β-unsaturated/α-hetero) is 1. The van der Waals surface area contributed by atoms with Gasteiger partial charge in [0.15, 0.2) is 5.78 Å². The first-order valence-corrected chi connectivity index (χ1v) is 4.12. The lowest BCUT2D eigenvalue weighted by Gasteiger charge is -2.29. The zero-order valence-electron chi connectivity index (χ0n) is 7.82. The summed E-state index contributed by atoms with van der Waals surface area (Å²) in [6, 6.07) is 0. The summed E-state index contributed by atoms with van der Waals surface area (Å²) in [4.78, 5) is 11.4. The molecule has 1 aliphatic carbocycles. The number of hydrogen-bond acceptors (Lipinski definition) is 1. The minimum atomic E-state index is 0. The zero-order valence-corrected chi connectivity index (χ0v) is 7.82. The molecular weight excluding hydrogens is 147 g/mol. The predicted octanol–water partition coefficient (Wildman–Crippen LogP) is 1.53. The van der Waals surface area contributed by atoms with Crippen LogP contribution in [0.2, 0.25) is 0 Å². The molecule has 0 fully saturated rings. The largest absolute Gasteiger partial charge is 0.295 e. The molecule has 0 saturated heterocycles. The number of hydrogen-bond donors (Lipinski definition) is 0. The van der Waals surface area contributed by atoms with Gasteiger partial charge in [-0.25, -0.2) is 0 Å². The fourth-order valence-corrected chi connectivity index (χ4v) is 1.72. The van der Waals surface area contributed by atoms with Gasteiger partial charge in [0.05, 0.1) is 8.41 Å². The molecule has 1 aliphatic rings. The second-order valence-electron chi connectivity index (χ2n) is 4.35. The van der Waals surface area contributed by atoms with E-state index in [2.05, 4.69) is 20.8 Å². The predicted molar refractivity (Wildman–Crippen MR) is 56.3 cm³/mol. The lowest BCUT2D eigenvalue weighted by molar-refractivity contribution is -0.118. The van der Waals surface area contributed by atoms with Crippen molar-refractivity contribution in [1.29, 1.82) is 0 Å². The van der Waals surface area contributed by atoms with Gasteiger partial charge in [-0.1, -0.05) is 19.4 Å². The monoisotopic (exact) mass is 166 g/mol. The van der Waals surface area contributed by atoms with E-state index in [1.165, 1.54) is 5.57 Å². The van der Waals surface area contributed by atoms with Crippen LogP contribution >= 0.6 is 0 Å². The maximum Gasteiger partial charge on any atom is 0.159 e. The molecule has 0 unspecified atom stereocenters. The van der Waals surface area contributed by atoms with Crippen molar-refractivity contribution < 1.29 is 4.79 Å². The summed E-state index contributed by atoms with van der Waals surface area (Å²) < 4.78 is 0. The molecule has 0 saturated carbocycles. The molecule has 0 spiro atoms. The molecular formula is C10H19BO. The number of ketones is 1. The Morgan fingerprint density at radius 2 is 1.67 bits per heavy atom. The van der Waals surface area contributed by atoms with E-state index in [9.17, 15) is 4.79 Å². The highest BCUT2D eigenvalue weighted by atomic mass is 16.1. The fraction of sp³-hybridized carbons (Fsp3) is 0.700. The van der Waals surface area contributed by atoms with Crippen molar-refractivity contribution >= 4 is 14.2 Å². The van der Waals surface area contributed by atoms with Crippen LogP contribution in [-0.2, 0) is 4.79 Å². The van der Waals surface area contributed by atoms with Crippen molar-refractivity contribution in [2.24, 2.45) is 5.41 Å². The van der Waals surface area contributed by atoms with Crippen LogP contribution in [0.5, 0.6) is 0 Å². The highest BCUT2D eigenvalue weighted by Crippen LogP contribution is 2.36. The molecule has 0 N–H and O–H groups in total. The number of rotatable bonds is 0. The van der Waals surface area contributed by atoms with Crippen LogP contribution in [0, 0.1) is 5.41 Å². The van der Waals surface area contributed by atoms with Gasteiger partial charge >= 0.3 is 0 Å². The highest BCUT2D eigenvalue weighted by molar-refractivity contribution is 5.96. The third-order valence-electron chi connectivity index (χ3n) is 2.44. The number of allylic oxidation sites excluding steroid dienone is 2. The van der Waals surface area contributed by atoms with E-state index >= 15 is 0 Å². The minimum absolute atomic E-state index is 0. The van der Waals surface area contributed by atoms with Crippen molar-refractivity contribution in [3.8, 4) is 0 Å². The van der Waals surface area contributed by atoms with Gasteiger partial charge in [0.2, 0.25) is 0 Å². The fourth-order valence-electron chi connectivity index (χ4n) is 1.72. The zero-order chi connectivity index (χ0) is 8.65. The molecule has 0 aromatic carbocycles. The Balaban J connectivity index is 0.00000121. The first kappa shape index (κ1) is 11.5. The molecule has 1 nitrogen and oxygen atoms in total. The molecule has 12 heavy (non-hydrogen) atoms. The maximum absolute atomic E-state index is 11.4. The highest BCUT2D eigenvalue weighted by Gasteiger charge is 2.28. The summed E-state index contributed by atoms with van der Waals surface area (Å²) >= 11 is 0.